The van der Waals surface area contributed by atoms with Crippen molar-refractivity contribution in [3.8, 4) is 0 Å². The highest BCUT2D eigenvalue weighted by Gasteiger charge is 2.29. The molecule has 1 saturated heterocycles. The Labute approximate surface area is 125 Å². The Morgan fingerprint density at radius 3 is 2.71 bits per heavy atom. The van der Waals surface area contributed by atoms with E-state index in [2.05, 4.69) is 10.2 Å². The van der Waals surface area contributed by atoms with Gasteiger partial charge in [-0.15, -0.1) is 0 Å². The van der Waals surface area contributed by atoms with Gasteiger partial charge in [0.05, 0.1) is 13.0 Å². The summed E-state index contributed by atoms with van der Waals surface area (Å²) in [4.78, 5) is 25.3. The normalized spacial score (nSPS) is 20.0. The fraction of sp³-hybridized carbons (Fsp3) is 0.500. The second-order valence-electron chi connectivity index (χ2n) is 5.43. The van der Waals surface area contributed by atoms with Gasteiger partial charge in [0.2, 0.25) is 5.91 Å². The van der Waals surface area contributed by atoms with Gasteiger partial charge in [0.25, 0.3) is 0 Å². The van der Waals surface area contributed by atoms with Crippen molar-refractivity contribution in [2.75, 3.05) is 26.7 Å². The van der Waals surface area contributed by atoms with Crippen LogP contribution in [0, 0.1) is 0 Å². The molecule has 1 aromatic rings. The van der Waals surface area contributed by atoms with Gasteiger partial charge in [-0.3, -0.25) is 9.59 Å². The number of ether oxygens (including phenoxy) is 1. The maximum absolute atomic E-state index is 12.0. The Balaban J connectivity index is 2.00. The van der Waals surface area contributed by atoms with Crippen molar-refractivity contribution >= 4 is 11.9 Å². The zero-order valence-corrected chi connectivity index (χ0v) is 12.5. The van der Waals surface area contributed by atoms with Gasteiger partial charge in [0.1, 0.15) is 0 Å². The summed E-state index contributed by atoms with van der Waals surface area (Å²) in [6.45, 7) is 3.81. The van der Waals surface area contributed by atoms with Crippen LogP contribution < -0.4 is 5.32 Å². The van der Waals surface area contributed by atoms with E-state index in [1.54, 1.807) is 0 Å². The number of rotatable bonds is 5. The molecule has 0 aromatic heterocycles. The molecule has 2 rings (SSSR count). The van der Waals surface area contributed by atoms with Crippen LogP contribution in [0.3, 0.4) is 0 Å². The lowest BCUT2D eigenvalue weighted by molar-refractivity contribution is -0.142. The second kappa shape index (κ2) is 7.22. The molecule has 0 aliphatic carbocycles. The Hall–Kier alpha value is -1.88. The number of likely N-dealkylation sites (tertiary alicyclic amines) is 1. The van der Waals surface area contributed by atoms with E-state index in [9.17, 15) is 9.59 Å². The Morgan fingerprint density at radius 2 is 2.10 bits per heavy atom. The van der Waals surface area contributed by atoms with Crippen molar-refractivity contribution in [3.63, 3.8) is 0 Å². The molecular formula is C16H22N2O3. The van der Waals surface area contributed by atoms with Gasteiger partial charge >= 0.3 is 5.97 Å². The number of hydrogen-bond donors (Lipinski definition) is 1. The summed E-state index contributed by atoms with van der Waals surface area (Å²) in [5, 5.41) is 2.93. The predicted octanol–water partition coefficient (Wildman–Crippen LogP) is 1.15. The van der Waals surface area contributed by atoms with Gasteiger partial charge in [-0.05, 0) is 12.0 Å². The van der Waals surface area contributed by atoms with Crippen LogP contribution in [0.25, 0.3) is 0 Å². The van der Waals surface area contributed by atoms with Gasteiger partial charge in [-0.1, -0.05) is 30.3 Å². The molecule has 1 aromatic carbocycles. The number of amides is 1. The largest absolute Gasteiger partial charge is 0.469 e. The summed E-state index contributed by atoms with van der Waals surface area (Å²) in [6, 6.07) is 9.86. The number of benzene rings is 1. The van der Waals surface area contributed by atoms with Crippen molar-refractivity contribution in [2.45, 2.75) is 25.3 Å². The maximum atomic E-state index is 12.0. The van der Waals surface area contributed by atoms with E-state index in [0.717, 1.165) is 25.1 Å². The summed E-state index contributed by atoms with van der Waals surface area (Å²) in [7, 11) is 1.42. The monoisotopic (exact) mass is 290 g/mol. The average Bonchev–Trinajstić information content (AvgIpc) is 2.91. The molecule has 2 atom stereocenters. The molecule has 1 N–H and O–H groups in total. The van der Waals surface area contributed by atoms with Crippen LogP contribution in [-0.4, -0.2) is 49.6 Å². The number of hydrogen-bond acceptors (Lipinski definition) is 4. The molecule has 1 amide bonds. The summed E-state index contributed by atoms with van der Waals surface area (Å²) >= 11 is 0. The quantitative estimate of drug-likeness (QED) is 0.827. The highest BCUT2D eigenvalue weighted by Crippen LogP contribution is 2.21. The number of nitrogens with one attached hydrogen (secondary N) is 1. The van der Waals surface area contributed by atoms with E-state index in [-0.39, 0.29) is 23.8 Å². The summed E-state index contributed by atoms with van der Waals surface area (Å²) in [5.41, 5.74) is 0.965. The smallest absolute Gasteiger partial charge is 0.314 e. The highest BCUT2D eigenvalue weighted by molar-refractivity contribution is 5.78. The fourth-order valence-corrected chi connectivity index (χ4v) is 2.81. The average molecular weight is 290 g/mol. The third kappa shape index (κ3) is 4.29. The molecule has 0 spiro atoms. The van der Waals surface area contributed by atoms with Gasteiger partial charge < -0.3 is 15.0 Å². The molecule has 0 saturated carbocycles. The number of nitrogens with zero attached hydrogens (tertiary/aromatic N) is 1. The molecule has 1 aliphatic rings. The highest BCUT2D eigenvalue weighted by atomic mass is 16.5. The lowest BCUT2D eigenvalue weighted by atomic mass is 9.99. The zero-order chi connectivity index (χ0) is 15.2. The fourth-order valence-electron chi connectivity index (χ4n) is 2.81. The van der Waals surface area contributed by atoms with Crippen LogP contribution in [0.2, 0.25) is 0 Å². The Kier molecular flexibility index (Phi) is 5.33. The third-order valence-electron chi connectivity index (χ3n) is 3.81. The molecule has 1 fully saturated rings. The molecule has 21 heavy (non-hydrogen) atoms. The lowest BCUT2D eigenvalue weighted by Crippen LogP contribution is -2.37. The zero-order valence-electron chi connectivity index (χ0n) is 12.5. The van der Waals surface area contributed by atoms with E-state index in [1.807, 2.05) is 30.3 Å². The predicted molar refractivity (Wildman–Crippen MR) is 79.9 cm³/mol. The molecule has 1 aliphatic heterocycles. The van der Waals surface area contributed by atoms with E-state index in [1.165, 1.54) is 14.0 Å². The second-order valence-corrected chi connectivity index (χ2v) is 5.43. The lowest BCUT2D eigenvalue weighted by Gasteiger charge is -2.22. The van der Waals surface area contributed by atoms with Gasteiger partial charge in [-0.25, -0.2) is 0 Å². The summed E-state index contributed by atoms with van der Waals surface area (Å²) in [5.74, 6) is -0.508. The molecule has 2 unspecified atom stereocenters. The van der Waals surface area contributed by atoms with Gasteiger partial charge in [0, 0.05) is 32.6 Å². The molecule has 5 nitrogen and oxygen atoms in total. The summed E-state index contributed by atoms with van der Waals surface area (Å²) in [6.07, 6.45) is 0.919. The van der Waals surface area contributed by atoms with Crippen LogP contribution in [0.15, 0.2) is 30.3 Å². The molecular weight excluding hydrogens is 268 g/mol. The number of methoxy groups -OCH3 is 1. The molecule has 114 valence electrons. The Bertz CT molecular complexity index is 490. The van der Waals surface area contributed by atoms with Crippen molar-refractivity contribution in [1.82, 2.24) is 10.2 Å². The molecule has 1 heterocycles. The minimum atomic E-state index is -0.285. The van der Waals surface area contributed by atoms with Crippen LogP contribution in [0.5, 0.6) is 0 Å². The standard InChI is InChI=1S/C16H22N2O3/c1-12(19)17-14-8-9-18(10-14)11-15(16(20)21-2)13-6-4-3-5-7-13/h3-7,14-15H,8-11H2,1-2H3,(H,17,19). The van der Waals surface area contributed by atoms with Crippen molar-refractivity contribution in [3.05, 3.63) is 35.9 Å². The number of carbonyl (C=O) groups is 2. The van der Waals surface area contributed by atoms with E-state index < -0.39 is 0 Å². The molecule has 0 radical (unpaired) electrons. The Morgan fingerprint density at radius 1 is 1.38 bits per heavy atom. The first-order chi connectivity index (χ1) is 10.1. The first-order valence-electron chi connectivity index (χ1n) is 7.22. The van der Waals surface area contributed by atoms with Crippen molar-refractivity contribution < 1.29 is 14.3 Å². The van der Waals surface area contributed by atoms with Crippen LogP contribution in [0.4, 0.5) is 0 Å². The number of esters is 1. The maximum Gasteiger partial charge on any atom is 0.314 e. The first-order valence-corrected chi connectivity index (χ1v) is 7.22. The van der Waals surface area contributed by atoms with Crippen LogP contribution >= 0.6 is 0 Å². The van der Waals surface area contributed by atoms with Crippen molar-refractivity contribution in [1.29, 1.82) is 0 Å². The van der Waals surface area contributed by atoms with Gasteiger partial charge in [-0.2, -0.15) is 0 Å². The van der Waals surface area contributed by atoms with Crippen molar-refractivity contribution in [2.24, 2.45) is 0 Å². The van der Waals surface area contributed by atoms with E-state index in [0.29, 0.717) is 6.54 Å². The summed E-state index contributed by atoms with van der Waals surface area (Å²) < 4.78 is 4.93. The third-order valence-corrected chi connectivity index (χ3v) is 3.81. The van der Waals surface area contributed by atoms with Crippen LogP contribution in [0.1, 0.15) is 24.8 Å². The number of carbonyl (C=O) groups excluding carboxylic acids is 2. The topological polar surface area (TPSA) is 58.6 Å². The molecule has 0 bridgehead atoms. The SMILES string of the molecule is COC(=O)C(CN1CCC(NC(C)=O)C1)c1ccccc1. The van der Waals surface area contributed by atoms with Gasteiger partial charge in [0.15, 0.2) is 0 Å². The first kappa shape index (κ1) is 15.5. The minimum Gasteiger partial charge on any atom is -0.469 e. The van der Waals surface area contributed by atoms with Crippen LogP contribution in [-0.2, 0) is 14.3 Å². The molecule has 5 heteroatoms. The van der Waals surface area contributed by atoms with E-state index >= 15 is 0 Å². The minimum absolute atomic E-state index is 0.00516. The van der Waals surface area contributed by atoms with E-state index in [4.69, 9.17) is 4.74 Å².